The number of rotatable bonds is 12. The lowest BCUT2D eigenvalue weighted by Gasteiger charge is -2.20. The SMILES string of the molecule is CC(C)OCCCNCCC(CNC(=O)c1cc(C(F)(F)F)cc(C(F)(F)F)c1)c1ccc(Cl)c(Cl)c1. The molecule has 2 N–H and O–H groups in total. The number of ether oxygens (including phenoxy) is 1. The summed E-state index contributed by atoms with van der Waals surface area (Å²) in [7, 11) is 0. The number of nitrogens with one attached hydrogen (secondary N) is 2. The molecule has 0 aromatic heterocycles. The predicted molar refractivity (Wildman–Crippen MR) is 131 cm³/mol. The highest BCUT2D eigenvalue weighted by atomic mass is 35.5. The number of hydrogen-bond acceptors (Lipinski definition) is 3. The molecule has 0 saturated carbocycles. The largest absolute Gasteiger partial charge is 0.416 e. The van der Waals surface area contributed by atoms with Crippen LogP contribution in [0.2, 0.25) is 10.0 Å². The van der Waals surface area contributed by atoms with Gasteiger partial charge in [-0.3, -0.25) is 4.79 Å². The summed E-state index contributed by atoms with van der Waals surface area (Å²) < 4.78 is 84.4. The van der Waals surface area contributed by atoms with E-state index in [0.717, 1.165) is 6.42 Å². The number of carbonyl (C=O) groups excluding carboxylic acids is 1. The summed E-state index contributed by atoms with van der Waals surface area (Å²) in [4.78, 5) is 12.6. The minimum Gasteiger partial charge on any atom is -0.379 e. The van der Waals surface area contributed by atoms with E-state index < -0.39 is 35.0 Å². The van der Waals surface area contributed by atoms with E-state index in [9.17, 15) is 31.1 Å². The van der Waals surface area contributed by atoms with Gasteiger partial charge in [-0.2, -0.15) is 26.3 Å². The van der Waals surface area contributed by atoms with Crippen molar-refractivity contribution in [3.8, 4) is 0 Å². The second kappa shape index (κ2) is 13.7. The fourth-order valence-electron chi connectivity index (χ4n) is 3.47. The third-order valence-electron chi connectivity index (χ3n) is 5.39. The molecule has 2 rings (SSSR count). The van der Waals surface area contributed by atoms with Crippen LogP contribution >= 0.6 is 23.2 Å². The summed E-state index contributed by atoms with van der Waals surface area (Å²) in [6.45, 7) is 5.63. The molecule has 0 heterocycles. The van der Waals surface area contributed by atoms with Crippen molar-refractivity contribution in [2.45, 2.75) is 51.1 Å². The zero-order chi connectivity index (χ0) is 27.8. The molecule has 1 unspecified atom stereocenters. The average Bonchev–Trinajstić information content (AvgIpc) is 2.80. The van der Waals surface area contributed by atoms with Gasteiger partial charge in [0.05, 0.1) is 27.3 Å². The first kappa shape index (κ1) is 31.2. The quantitative estimate of drug-likeness (QED) is 0.207. The second-order valence-electron chi connectivity index (χ2n) is 8.69. The van der Waals surface area contributed by atoms with Gasteiger partial charge in [0, 0.05) is 24.6 Å². The molecule has 37 heavy (non-hydrogen) atoms. The zero-order valence-electron chi connectivity index (χ0n) is 20.2. The Kier molecular flexibility index (Phi) is 11.5. The van der Waals surface area contributed by atoms with Crippen LogP contribution in [-0.2, 0) is 17.1 Å². The maximum absolute atomic E-state index is 13.2. The Bertz CT molecular complexity index is 1010. The lowest BCUT2D eigenvalue weighted by atomic mass is 9.95. The molecule has 1 atom stereocenters. The van der Waals surface area contributed by atoms with Crippen LogP contribution in [0.3, 0.4) is 0 Å². The zero-order valence-corrected chi connectivity index (χ0v) is 21.7. The third kappa shape index (κ3) is 10.3. The molecule has 4 nitrogen and oxygen atoms in total. The fourth-order valence-corrected chi connectivity index (χ4v) is 3.78. The first-order valence-corrected chi connectivity index (χ1v) is 12.3. The topological polar surface area (TPSA) is 50.4 Å². The van der Waals surface area contributed by atoms with Crippen molar-refractivity contribution in [2.75, 3.05) is 26.2 Å². The molecule has 2 aromatic carbocycles. The lowest BCUT2D eigenvalue weighted by Crippen LogP contribution is -2.31. The number of hydrogen-bond donors (Lipinski definition) is 2. The lowest BCUT2D eigenvalue weighted by molar-refractivity contribution is -0.143. The highest BCUT2D eigenvalue weighted by Crippen LogP contribution is 2.36. The highest BCUT2D eigenvalue weighted by molar-refractivity contribution is 6.42. The molecule has 0 aliphatic rings. The van der Waals surface area contributed by atoms with Crippen molar-refractivity contribution < 1.29 is 35.9 Å². The van der Waals surface area contributed by atoms with Gasteiger partial charge in [0.15, 0.2) is 0 Å². The summed E-state index contributed by atoms with van der Waals surface area (Å²) in [5.74, 6) is -1.40. The van der Waals surface area contributed by atoms with Crippen molar-refractivity contribution in [3.63, 3.8) is 0 Å². The molecule has 2 aromatic rings. The van der Waals surface area contributed by atoms with E-state index in [0.29, 0.717) is 48.8 Å². The minimum atomic E-state index is -5.05. The van der Waals surface area contributed by atoms with Crippen molar-refractivity contribution in [1.82, 2.24) is 10.6 Å². The molecular weight excluding hydrogens is 545 g/mol. The number of amides is 1. The van der Waals surface area contributed by atoms with E-state index in [4.69, 9.17) is 27.9 Å². The smallest absolute Gasteiger partial charge is 0.379 e. The molecule has 0 aliphatic heterocycles. The molecule has 0 radical (unpaired) electrons. The molecule has 0 fully saturated rings. The Morgan fingerprint density at radius 2 is 1.54 bits per heavy atom. The van der Waals surface area contributed by atoms with Crippen LogP contribution in [0.5, 0.6) is 0 Å². The Hall–Kier alpha value is -2.01. The average molecular weight is 573 g/mol. The van der Waals surface area contributed by atoms with Gasteiger partial charge in [0.25, 0.3) is 5.91 Å². The standard InChI is InChI=1S/C25H28Cl2F6N2O2/c1-15(2)37-9-3-7-34-8-6-17(16-4-5-21(26)22(27)12-16)14-35-23(36)18-10-19(24(28,29)30)13-20(11-18)25(31,32)33/h4-5,10-13,15,17,34H,3,6-9,14H2,1-2H3,(H,35,36). The Morgan fingerprint density at radius 3 is 2.08 bits per heavy atom. The third-order valence-corrected chi connectivity index (χ3v) is 6.13. The van der Waals surface area contributed by atoms with E-state index in [2.05, 4.69) is 10.6 Å². The van der Waals surface area contributed by atoms with Gasteiger partial charge < -0.3 is 15.4 Å². The van der Waals surface area contributed by atoms with Gasteiger partial charge in [-0.05, 0) is 75.7 Å². The molecule has 0 saturated heterocycles. The van der Waals surface area contributed by atoms with Gasteiger partial charge in [0.1, 0.15) is 0 Å². The predicted octanol–water partition coefficient (Wildman–Crippen LogP) is 7.34. The summed E-state index contributed by atoms with van der Waals surface area (Å²) in [6, 6.07) is 5.68. The highest BCUT2D eigenvalue weighted by Gasteiger charge is 2.37. The summed E-state index contributed by atoms with van der Waals surface area (Å²) >= 11 is 12.1. The normalized spacial score (nSPS) is 13.2. The van der Waals surface area contributed by atoms with Crippen LogP contribution in [0.1, 0.15) is 59.7 Å². The molecule has 206 valence electrons. The van der Waals surface area contributed by atoms with Crippen molar-refractivity contribution >= 4 is 29.1 Å². The summed E-state index contributed by atoms with van der Waals surface area (Å²) in [5.41, 5.74) is -3.14. The number of alkyl halides is 6. The van der Waals surface area contributed by atoms with Crippen LogP contribution in [0.15, 0.2) is 36.4 Å². The summed E-state index contributed by atoms with van der Waals surface area (Å²) in [6.07, 6.45) is -8.69. The van der Waals surface area contributed by atoms with Gasteiger partial charge >= 0.3 is 12.4 Å². The van der Waals surface area contributed by atoms with Crippen molar-refractivity contribution in [1.29, 1.82) is 0 Å². The van der Waals surface area contributed by atoms with Crippen LogP contribution in [-0.4, -0.2) is 38.3 Å². The second-order valence-corrected chi connectivity index (χ2v) is 9.50. The van der Waals surface area contributed by atoms with Gasteiger partial charge in [0.2, 0.25) is 0 Å². The summed E-state index contributed by atoms with van der Waals surface area (Å²) in [5, 5.41) is 6.32. The molecule has 12 heteroatoms. The maximum atomic E-state index is 13.2. The number of carbonyl (C=O) groups is 1. The van der Waals surface area contributed by atoms with Crippen molar-refractivity contribution in [3.05, 3.63) is 68.7 Å². The van der Waals surface area contributed by atoms with Crippen molar-refractivity contribution in [2.24, 2.45) is 0 Å². The molecular formula is C25H28Cl2F6N2O2. The van der Waals surface area contributed by atoms with Gasteiger partial charge in [-0.1, -0.05) is 29.3 Å². The van der Waals surface area contributed by atoms with Crippen LogP contribution < -0.4 is 10.6 Å². The van der Waals surface area contributed by atoms with Crippen LogP contribution in [0, 0.1) is 0 Å². The Labute approximate surface area is 221 Å². The molecule has 1 amide bonds. The van der Waals surface area contributed by atoms with E-state index in [1.54, 1.807) is 18.2 Å². The number of halogens is 8. The van der Waals surface area contributed by atoms with E-state index in [1.165, 1.54) is 0 Å². The van der Waals surface area contributed by atoms with Gasteiger partial charge in [-0.25, -0.2) is 0 Å². The first-order chi connectivity index (χ1) is 17.2. The Balaban J connectivity index is 2.13. The van der Waals surface area contributed by atoms with E-state index >= 15 is 0 Å². The first-order valence-electron chi connectivity index (χ1n) is 11.5. The molecule has 0 spiro atoms. The van der Waals surface area contributed by atoms with Crippen LogP contribution in [0.4, 0.5) is 26.3 Å². The van der Waals surface area contributed by atoms with E-state index in [-0.39, 0.29) is 29.7 Å². The minimum absolute atomic E-state index is 0.0207. The monoisotopic (exact) mass is 572 g/mol. The molecule has 0 aliphatic carbocycles. The Morgan fingerprint density at radius 1 is 0.919 bits per heavy atom. The maximum Gasteiger partial charge on any atom is 0.416 e. The van der Waals surface area contributed by atoms with E-state index in [1.807, 2.05) is 13.8 Å². The van der Waals surface area contributed by atoms with Gasteiger partial charge in [-0.15, -0.1) is 0 Å². The number of benzene rings is 2. The fraction of sp³-hybridized carbons (Fsp3) is 0.480. The molecule has 0 bridgehead atoms. The van der Waals surface area contributed by atoms with Crippen LogP contribution in [0.25, 0.3) is 0 Å².